The minimum absolute atomic E-state index is 0.217. The van der Waals surface area contributed by atoms with Crippen LogP contribution in [-0.4, -0.2) is 28.7 Å². The Labute approximate surface area is 176 Å². The van der Waals surface area contributed by atoms with Crippen molar-refractivity contribution >= 4 is 33.5 Å². The number of fused-ring (bicyclic) bond motifs is 3. The summed E-state index contributed by atoms with van der Waals surface area (Å²) in [5, 5.41) is 0. The molecule has 146 valence electrons. The first kappa shape index (κ1) is 19.3. The van der Waals surface area contributed by atoms with Gasteiger partial charge in [-0.2, -0.15) is 0 Å². The highest BCUT2D eigenvalue weighted by Gasteiger charge is 2.39. The molecule has 0 saturated heterocycles. The molecule has 0 unspecified atom stereocenters. The molecule has 1 aliphatic rings. The minimum Gasteiger partial charge on any atom is -0.462 e. The quantitative estimate of drug-likeness (QED) is 0.420. The number of hydrogen-bond donors (Lipinski definition) is 0. The van der Waals surface area contributed by atoms with E-state index in [0.717, 1.165) is 10.0 Å². The summed E-state index contributed by atoms with van der Waals surface area (Å²) < 4.78 is 7.79. The fourth-order valence-corrected chi connectivity index (χ4v) is 4.16. The van der Waals surface area contributed by atoms with E-state index in [1.165, 1.54) is 0 Å². The van der Waals surface area contributed by atoms with Crippen LogP contribution in [0.15, 0.2) is 53.0 Å². The van der Waals surface area contributed by atoms with E-state index in [-0.39, 0.29) is 12.3 Å². The van der Waals surface area contributed by atoms with Crippen molar-refractivity contribution in [3.8, 4) is 11.1 Å². The van der Waals surface area contributed by atoms with E-state index >= 15 is 0 Å². The van der Waals surface area contributed by atoms with E-state index in [1.807, 2.05) is 30.3 Å². The van der Waals surface area contributed by atoms with E-state index in [4.69, 9.17) is 4.74 Å². The highest BCUT2D eigenvalue weighted by Crippen LogP contribution is 2.41. The molecule has 0 amide bonds. The first-order valence-electron chi connectivity index (χ1n) is 9.27. The van der Waals surface area contributed by atoms with Gasteiger partial charge in [0.05, 0.1) is 12.2 Å². The fourth-order valence-electron chi connectivity index (χ4n) is 3.80. The normalized spacial score (nSPS) is 12.5. The Morgan fingerprint density at radius 3 is 2.45 bits per heavy atom. The third-order valence-electron chi connectivity index (χ3n) is 5.10. The van der Waals surface area contributed by atoms with Crippen molar-refractivity contribution in [2.45, 2.75) is 20.4 Å². The predicted octanol–water partition coefficient (Wildman–Crippen LogP) is 4.83. The summed E-state index contributed by atoms with van der Waals surface area (Å²) in [6.45, 7) is 4.11. The van der Waals surface area contributed by atoms with Crippen LogP contribution in [-0.2, 0) is 11.3 Å². The Bertz CT molecular complexity index is 1160. The largest absolute Gasteiger partial charge is 0.462 e. The molecule has 29 heavy (non-hydrogen) atoms. The van der Waals surface area contributed by atoms with Crippen LogP contribution in [0.2, 0.25) is 0 Å². The molecule has 1 heterocycles. The van der Waals surface area contributed by atoms with Gasteiger partial charge in [0, 0.05) is 27.8 Å². The van der Waals surface area contributed by atoms with Crippen LogP contribution in [0, 0.1) is 6.92 Å². The van der Waals surface area contributed by atoms with Gasteiger partial charge in [-0.3, -0.25) is 9.59 Å². The summed E-state index contributed by atoms with van der Waals surface area (Å²) in [7, 11) is 0. The van der Waals surface area contributed by atoms with E-state index in [9.17, 15) is 14.4 Å². The number of rotatable bonds is 4. The van der Waals surface area contributed by atoms with E-state index in [1.54, 1.807) is 36.6 Å². The molecule has 0 fully saturated rings. The van der Waals surface area contributed by atoms with Crippen molar-refractivity contribution < 1.29 is 19.1 Å². The van der Waals surface area contributed by atoms with Gasteiger partial charge in [-0.25, -0.2) is 4.79 Å². The third kappa shape index (κ3) is 3.13. The van der Waals surface area contributed by atoms with E-state index in [2.05, 4.69) is 15.9 Å². The molecule has 1 aromatic heterocycles. The van der Waals surface area contributed by atoms with Crippen molar-refractivity contribution in [2.75, 3.05) is 6.61 Å². The van der Waals surface area contributed by atoms with Gasteiger partial charge in [0.2, 0.25) is 5.78 Å². The average Bonchev–Trinajstić information content (AvgIpc) is 3.00. The van der Waals surface area contributed by atoms with Crippen LogP contribution < -0.4 is 0 Å². The van der Waals surface area contributed by atoms with Crippen molar-refractivity contribution in [3.63, 3.8) is 0 Å². The van der Waals surface area contributed by atoms with Crippen molar-refractivity contribution in [2.24, 2.45) is 0 Å². The molecule has 1 aliphatic carbocycles. The summed E-state index contributed by atoms with van der Waals surface area (Å²) in [6.07, 6.45) is 0. The molecule has 2 aromatic carbocycles. The SMILES string of the molecule is CCOC(=O)c1c2c(n(Cc3ccccc3)c1C)C(=O)C(=O)c1ccc(Br)cc1-2. The van der Waals surface area contributed by atoms with Gasteiger partial charge < -0.3 is 9.30 Å². The second kappa shape index (κ2) is 7.44. The van der Waals surface area contributed by atoms with E-state index < -0.39 is 17.5 Å². The first-order valence-corrected chi connectivity index (χ1v) is 10.1. The highest BCUT2D eigenvalue weighted by molar-refractivity contribution is 9.10. The topological polar surface area (TPSA) is 65.4 Å². The second-order valence-corrected chi connectivity index (χ2v) is 7.74. The van der Waals surface area contributed by atoms with Gasteiger partial charge in [0.25, 0.3) is 5.78 Å². The van der Waals surface area contributed by atoms with Gasteiger partial charge in [-0.05, 0) is 43.2 Å². The van der Waals surface area contributed by atoms with Crippen LogP contribution in [0.4, 0.5) is 0 Å². The molecule has 0 saturated carbocycles. The molecule has 0 spiro atoms. The maximum atomic E-state index is 13.1. The van der Waals surface area contributed by atoms with Gasteiger partial charge >= 0.3 is 5.97 Å². The lowest BCUT2D eigenvalue weighted by Gasteiger charge is -2.18. The smallest absolute Gasteiger partial charge is 0.340 e. The Balaban J connectivity index is 2.04. The van der Waals surface area contributed by atoms with Gasteiger partial charge in [0.1, 0.15) is 5.69 Å². The van der Waals surface area contributed by atoms with Crippen LogP contribution in [0.1, 0.15) is 49.4 Å². The second-order valence-electron chi connectivity index (χ2n) is 6.82. The standard InChI is InChI=1S/C23H18BrNO4/c1-3-29-23(28)18-13(2)25(12-14-7-5-4-6-8-14)20-19(18)17-11-15(24)9-10-16(17)21(26)22(20)27/h4-11H,3,12H2,1-2H3. The maximum absolute atomic E-state index is 13.1. The molecule has 0 radical (unpaired) electrons. The number of carbonyl (C=O) groups is 3. The van der Waals surface area contributed by atoms with Gasteiger partial charge in [-0.15, -0.1) is 0 Å². The number of ketones is 2. The molecular weight excluding hydrogens is 434 g/mol. The van der Waals surface area contributed by atoms with Crippen LogP contribution in [0.25, 0.3) is 11.1 Å². The van der Waals surface area contributed by atoms with Crippen LogP contribution >= 0.6 is 15.9 Å². The summed E-state index contributed by atoms with van der Waals surface area (Å²) in [6, 6.07) is 14.7. The molecule has 3 aromatic rings. The maximum Gasteiger partial charge on any atom is 0.340 e. The van der Waals surface area contributed by atoms with Gasteiger partial charge in [0.15, 0.2) is 0 Å². The molecular formula is C23H18BrNO4. The van der Waals surface area contributed by atoms with E-state index in [0.29, 0.717) is 34.5 Å². The number of halogens is 1. The molecule has 0 atom stereocenters. The number of aromatic nitrogens is 1. The fraction of sp³-hybridized carbons (Fsp3) is 0.174. The number of carbonyl (C=O) groups excluding carboxylic acids is 3. The Kier molecular flexibility index (Phi) is 4.96. The number of hydrogen-bond acceptors (Lipinski definition) is 4. The Morgan fingerprint density at radius 2 is 1.76 bits per heavy atom. The number of benzene rings is 2. The summed E-state index contributed by atoms with van der Waals surface area (Å²) in [4.78, 5) is 38.7. The summed E-state index contributed by atoms with van der Waals surface area (Å²) in [5.74, 6) is -1.67. The lowest BCUT2D eigenvalue weighted by atomic mass is 9.86. The lowest BCUT2D eigenvalue weighted by molar-refractivity contribution is 0.0526. The molecule has 0 N–H and O–H groups in total. The van der Waals surface area contributed by atoms with Crippen molar-refractivity contribution in [1.82, 2.24) is 4.57 Å². The number of ether oxygens (including phenoxy) is 1. The zero-order valence-corrected chi connectivity index (χ0v) is 17.6. The molecule has 5 nitrogen and oxygen atoms in total. The van der Waals surface area contributed by atoms with Gasteiger partial charge in [-0.1, -0.05) is 46.3 Å². The zero-order chi connectivity index (χ0) is 20.7. The molecule has 0 bridgehead atoms. The van der Waals surface area contributed by atoms with Crippen LogP contribution in [0.3, 0.4) is 0 Å². The minimum atomic E-state index is -0.607. The van der Waals surface area contributed by atoms with Crippen molar-refractivity contribution in [1.29, 1.82) is 0 Å². The monoisotopic (exact) mass is 451 g/mol. The summed E-state index contributed by atoms with van der Waals surface area (Å²) >= 11 is 3.43. The number of nitrogens with zero attached hydrogens (tertiary/aromatic N) is 1. The molecule has 6 heteroatoms. The van der Waals surface area contributed by atoms with Crippen LogP contribution in [0.5, 0.6) is 0 Å². The average molecular weight is 452 g/mol. The number of esters is 1. The number of Topliss-reactive ketones (excluding diaryl/α,β-unsaturated/α-hetero) is 2. The highest BCUT2D eigenvalue weighted by atomic mass is 79.9. The lowest BCUT2D eigenvalue weighted by Crippen LogP contribution is -2.24. The summed E-state index contributed by atoms with van der Waals surface area (Å²) in [5.41, 5.74) is 3.47. The Morgan fingerprint density at radius 1 is 1.03 bits per heavy atom. The molecule has 4 rings (SSSR count). The van der Waals surface area contributed by atoms with Crippen molar-refractivity contribution in [3.05, 3.63) is 81.1 Å². The first-order chi connectivity index (χ1) is 13.9. The predicted molar refractivity (Wildman–Crippen MR) is 112 cm³/mol. The zero-order valence-electron chi connectivity index (χ0n) is 16.0. The molecule has 0 aliphatic heterocycles. The third-order valence-corrected chi connectivity index (χ3v) is 5.60. The Hall–Kier alpha value is -2.99.